The zero-order valence-corrected chi connectivity index (χ0v) is 28.8. The van der Waals surface area contributed by atoms with Crippen molar-refractivity contribution in [2.45, 2.75) is 19.3 Å². The van der Waals surface area contributed by atoms with E-state index in [1.807, 2.05) is 0 Å². The second-order valence-electron chi connectivity index (χ2n) is 14.4. The number of hydrogen-bond donors (Lipinski definition) is 0. The Morgan fingerprint density at radius 2 is 0.863 bits per heavy atom. The number of rotatable bonds is 4. The van der Waals surface area contributed by atoms with Gasteiger partial charge >= 0.3 is 0 Å². The predicted octanol–water partition coefficient (Wildman–Crippen LogP) is 14.1. The van der Waals surface area contributed by atoms with Crippen LogP contribution in [0.5, 0.6) is 0 Å². The lowest BCUT2D eigenvalue weighted by molar-refractivity contribution is 0.660. The Kier molecular flexibility index (Phi) is 6.63. The van der Waals surface area contributed by atoms with Gasteiger partial charge in [0.05, 0.1) is 0 Å². The first-order chi connectivity index (χ1) is 25.1. The first kappa shape index (κ1) is 29.7. The van der Waals surface area contributed by atoms with Crippen molar-refractivity contribution >= 4 is 32.3 Å². The molecule has 10 rings (SSSR count). The van der Waals surface area contributed by atoms with Crippen LogP contribution in [0, 0.1) is 0 Å². The van der Waals surface area contributed by atoms with Gasteiger partial charge in [-0.2, -0.15) is 0 Å². The number of hydrogen-bond acceptors (Lipinski definition) is 0. The molecule has 240 valence electrons. The Morgan fingerprint density at radius 3 is 1.69 bits per heavy atom. The van der Waals surface area contributed by atoms with Crippen molar-refractivity contribution in [1.82, 2.24) is 0 Å². The molecule has 0 fully saturated rings. The maximum absolute atomic E-state index is 2.48. The topological polar surface area (TPSA) is 0 Å². The lowest BCUT2D eigenvalue weighted by Gasteiger charge is -2.23. The SMILES string of the molecule is CC1(C)c2ccccc2-c2ccc(-c3c4ccccc4c(-c4ccccc4-c4cccc5ccccc45)c4ccc(-c5ccccc5)cc34)cc21. The van der Waals surface area contributed by atoms with Crippen molar-refractivity contribution in [2.24, 2.45) is 0 Å². The molecular formula is C51H36. The van der Waals surface area contributed by atoms with Gasteiger partial charge in [-0.3, -0.25) is 0 Å². The van der Waals surface area contributed by atoms with Gasteiger partial charge in [0.1, 0.15) is 0 Å². The Balaban J connectivity index is 1.31. The quantitative estimate of drug-likeness (QED) is 0.167. The third-order valence-electron chi connectivity index (χ3n) is 11.3. The molecule has 0 aliphatic heterocycles. The standard InChI is InChI=1S/C51H36/c1-51(2)47-26-13-12-21-40(47)41-29-28-36(32-48(41)51)49-43-23-10-11-24-44(43)50(45-30-27-35(31-46(45)49)33-15-4-3-5-16-33)42-22-9-8-20-39(42)38-25-14-18-34-17-6-7-19-37(34)38/h3-32H,1-2H3. The second-order valence-corrected chi connectivity index (χ2v) is 14.4. The van der Waals surface area contributed by atoms with Crippen LogP contribution in [-0.2, 0) is 5.41 Å². The monoisotopic (exact) mass is 648 g/mol. The summed E-state index contributed by atoms with van der Waals surface area (Å²) in [6.45, 7) is 4.75. The maximum Gasteiger partial charge on any atom is 0.0159 e. The van der Waals surface area contributed by atoms with E-state index in [0.29, 0.717) is 0 Å². The fourth-order valence-corrected chi connectivity index (χ4v) is 8.85. The van der Waals surface area contributed by atoms with Crippen LogP contribution in [0.4, 0.5) is 0 Å². The van der Waals surface area contributed by atoms with Gasteiger partial charge in [0.2, 0.25) is 0 Å². The Bertz CT molecular complexity index is 2810. The largest absolute Gasteiger partial charge is 0.0622 e. The van der Waals surface area contributed by atoms with Crippen LogP contribution in [0.3, 0.4) is 0 Å². The summed E-state index contributed by atoms with van der Waals surface area (Å²) < 4.78 is 0. The molecule has 0 spiro atoms. The predicted molar refractivity (Wildman–Crippen MR) is 218 cm³/mol. The molecule has 0 saturated heterocycles. The smallest absolute Gasteiger partial charge is 0.0159 e. The average Bonchev–Trinajstić information content (AvgIpc) is 3.42. The summed E-state index contributed by atoms with van der Waals surface area (Å²) in [6.07, 6.45) is 0. The van der Waals surface area contributed by atoms with Crippen molar-refractivity contribution in [3.63, 3.8) is 0 Å². The maximum atomic E-state index is 2.48. The van der Waals surface area contributed by atoms with E-state index in [2.05, 4.69) is 196 Å². The molecule has 9 aromatic rings. The zero-order valence-electron chi connectivity index (χ0n) is 28.8. The lowest BCUT2D eigenvalue weighted by atomic mass is 9.79. The van der Waals surface area contributed by atoms with Gasteiger partial charge in [0.15, 0.2) is 0 Å². The Hall–Kier alpha value is -6.24. The van der Waals surface area contributed by atoms with Crippen LogP contribution in [0.15, 0.2) is 182 Å². The van der Waals surface area contributed by atoms with Gasteiger partial charge in [-0.15, -0.1) is 0 Å². The van der Waals surface area contributed by atoms with Crippen LogP contribution >= 0.6 is 0 Å². The minimum absolute atomic E-state index is 0.0833. The summed E-state index contributed by atoms with van der Waals surface area (Å²) in [5, 5.41) is 7.59. The first-order valence-electron chi connectivity index (χ1n) is 17.9. The molecule has 0 N–H and O–H groups in total. The highest BCUT2D eigenvalue weighted by molar-refractivity contribution is 6.23. The van der Waals surface area contributed by atoms with Crippen molar-refractivity contribution in [3.8, 4) is 55.6 Å². The van der Waals surface area contributed by atoms with Crippen molar-refractivity contribution in [2.75, 3.05) is 0 Å². The molecule has 0 bridgehead atoms. The minimum Gasteiger partial charge on any atom is -0.0622 e. The molecule has 0 heterocycles. The van der Waals surface area contributed by atoms with Gasteiger partial charge in [0, 0.05) is 5.41 Å². The van der Waals surface area contributed by atoms with E-state index in [1.165, 1.54) is 99.1 Å². The van der Waals surface area contributed by atoms with Crippen molar-refractivity contribution in [1.29, 1.82) is 0 Å². The fraction of sp³-hybridized carbons (Fsp3) is 0.0588. The third kappa shape index (κ3) is 4.53. The Morgan fingerprint density at radius 1 is 0.294 bits per heavy atom. The molecule has 0 aromatic heterocycles. The normalized spacial score (nSPS) is 13.1. The van der Waals surface area contributed by atoms with E-state index >= 15 is 0 Å². The Labute approximate surface area is 299 Å². The fourth-order valence-electron chi connectivity index (χ4n) is 8.85. The van der Waals surface area contributed by atoms with Crippen LogP contribution in [0.2, 0.25) is 0 Å². The minimum atomic E-state index is -0.0833. The number of fused-ring (bicyclic) bond motifs is 6. The molecule has 9 aromatic carbocycles. The molecule has 0 amide bonds. The molecule has 0 heteroatoms. The highest BCUT2D eigenvalue weighted by Gasteiger charge is 2.35. The van der Waals surface area contributed by atoms with Crippen LogP contribution in [-0.4, -0.2) is 0 Å². The van der Waals surface area contributed by atoms with Crippen LogP contribution in [0.1, 0.15) is 25.0 Å². The van der Waals surface area contributed by atoms with E-state index in [9.17, 15) is 0 Å². The van der Waals surface area contributed by atoms with E-state index in [0.717, 1.165) is 0 Å². The summed E-state index contributed by atoms with van der Waals surface area (Å²) >= 11 is 0. The summed E-state index contributed by atoms with van der Waals surface area (Å²) in [6, 6.07) is 67.5. The molecule has 0 atom stereocenters. The molecule has 0 saturated carbocycles. The van der Waals surface area contributed by atoms with Gasteiger partial charge in [-0.25, -0.2) is 0 Å². The van der Waals surface area contributed by atoms with Gasteiger partial charge in [0.25, 0.3) is 0 Å². The van der Waals surface area contributed by atoms with Crippen LogP contribution < -0.4 is 0 Å². The molecule has 0 nitrogen and oxygen atoms in total. The van der Waals surface area contributed by atoms with Gasteiger partial charge in [-0.1, -0.05) is 184 Å². The van der Waals surface area contributed by atoms with E-state index in [-0.39, 0.29) is 5.41 Å². The zero-order chi connectivity index (χ0) is 34.1. The van der Waals surface area contributed by atoms with Crippen LogP contribution in [0.25, 0.3) is 88.0 Å². The average molecular weight is 649 g/mol. The highest BCUT2D eigenvalue weighted by atomic mass is 14.4. The summed E-state index contributed by atoms with van der Waals surface area (Å²) in [4.78, 5) is 0. The molecular weight excluding hydrogens is 613 g/mol. The summed E-state index contributed by atoms with van der Waals surface area (Å²) in [7, 11) is 0. The molecule has 1 aliphatic rings. The second kappa shape index (κ2) is 11.4. The summed E-state index contributed by atoms with van der Waals surface area (Å²) in [5.41, 5.74) is 15.4. The molecule has 1 aliphatic carbocycles. The first-order valence-corrected chi connectivity index (χ1v) is 17.9. The van der Waals surface area contributed by atoms with E-state index < -0.39 is 0 Å². The van der Waals surface area contributed by atoms with Crippen molar-refractivity contribution < 1.29 is 0 Å². The lowest BCUT2D eigenvalue weighted by Crippen LogP contribution is -2.14. The van der Waals surface area contributed by atoms with Gasteiger partial charge in [-0.05, 0) is 111 Å². The number of benzene rings is 9. The van der Waals surface area contributed by atoms with E-state index in [1.54, 1.807) is 0 Å². The summed E-state index contributed by atoms with van der Waals surface area (Å²) in [5.74, 6) is 0. The highest BCUT2D eigenvalue weighted by Crippen LogP contribution is 2.52. The third-order valence-corrected chi connectivity index (χ3v) is 11.3. The molecule has 51 heavy (non-hydrogen) atoms. The van der Waals surface area contributed by atoms with E-state index in [4.69, 9.17) is 0 Å². The van der Waals surface area contributed by atoms with Gasteiger partial charge < -0.3 is 0 Å². The molecule has 0 radical (unpaired) electrons. The van der Waals surface area contributed by atoms with Crippen molar-refractivity contribution in [3.05, 3.63) is 193 Å². The molecule has 0 unspecified atom stereocenters.